The number of likely N-dealkylation sites (tertiary alicyclic amines) is 1. The Hall–Kier alpha value is -0.620. The molecule has 0 amide bonds. The van der Waals surface area contributed by atoms with E-state index in [-0.39, 0.29) is 4.75 Å². The van der Waals surface area contributed by atoms with Gasteiger partial charge in [-0.2, -0.15) is 0 Å². The highest BCUT2D eigenvalue weighted by atomic mass is 32.2. The van der Waals surface area contributed by atoms with Crippen LogP contribution in [0, 0.1) is 0 Å². The lowest BCUT2D eigenvalue weighted by Gasteiger charge is -2.35. The van der Waals surface area contributed by atoms with Crippen LogP contribution in [0.25, 0.3) is 0 Å². The summed E-state index contributed by atoms with van der Waals surface area (Å²) in [6.45, 7) is 13.5. The summed E-state index contributed by atoms with van der Waals surface area (Å²) in [7, 11) is 0.967. The Morgan fingerprint density at radius 1 is 1.32 bits per heavy atom. The zero-order valence-corrected chi connectivity index (χ0v) is 15.9. The Morgan fingerprint density at radius 2 is 1.91 bits per heavy atom. The van der Waals surface area contributed by atoms with Gasteiger partial charge in [0.05, 0.1) is 0 Å². The first-order valence-corrected chi connectivity index (χ1v) is 9.65. The molecule has 5 nitrogen and oxygen atoms in total. The Bertz CT molecular complexity index is 382. The Balaban J connectivity index is 2.31. The fourth-order valence-electron chi connectivity index (χ4n) is 2.52. The molecular weight excluding hydrogens is 296 g/mol. The number of rotatable bonds is 5. The molecule has 0 aromatic carbocycles. The molecule has 0 aliphatic carbocycles. The van der Waals surface area contributed by atoms with E-state index in [1.54, 1.807) is 7.05 Å². The van der Waals surface area contributed by atoms with Gasteiger partial charge in [-0.1, -0.05) is 0 Å². The van der Waals surface area contributed by atoms with Gasteiger partial charge in [-0.05, 0) is 47.5 Å². The lowest BCUT2D eigenvalue weighted by molar-refractivity contribution is 0.167. The summed E-state index contributed by atoms with van der Waals surface area (Å²) in [6, 6.07) is 1.11. The van der Waals surface area contributed by atoms with Gasteiger partial charge in [-0.3, -0.25) is 9.20 Å². The predicted octanol–water partition coefficient (Wildman–Crippen LogP) is 1.57. The molecule has 1 unspecified atom stereocenters. The highest BCUT2D eigenvalue weighted by Gasteiger charge is 2.22. The summed E-state index contributed by atoms with van der Waals surface area (Å²) in [4.78, 5) is 6.79. The van der Waals surface area contributed by atoms with Crippen LogP contribution >= 0.6 is 0 Å². The van der Waals surface area contributed by atoms with Crippen molar-refractivity contribution in [3.8, 4) is 0 Å². The fourth-order valence-corrected chi connectivity index (χ4v) is 3.42. The molecule has 0 bridgehead atoms. The number of nitrogens with zero attached hydrogens (tertiary/aromatic N) is 2. The van der Waals surface area contributed by atoms with Crippen molar-refractivity contribution in [2.24, 2.45) is 4.99 Å². The Morgan fingerprint density at radius 3 is 2.36 bits per heavy atom. The molecule has 22 heavy (non-hydrogen) atoms. The normalized spacial score (nSPS) is 20.2. The molecule has 1 aliphatic rings. The van der Waals surface area contributed by atoms with Crippen LogP contribution < -0.4 is 10.6 Å². The molecule has 1 fully saturated rings. The molecule has 2 N–H and O–H groups in total. The molecular formula is C16H34N4OS. The van der Waals surface area contributed by atoms with Gasteiger partial charge in [-0.15, -0.1) is 0 Å². The van der Waals surface area contributed by atoms with Gasteiger partial charge in [0.25, 0.3) is 0 Å². The molecule has 0 spiro atoms. The maximum Gasteiger partial charge on any atom is 0.191 e. The monoisotopic (exact) mass is 330 g/mol. The summed E-state index contributed by atoms with van der Waals surface area (Å²) >= 11 is 0. The average Bonchev–Trinajstić information content (AvgIpc) is 2.45. The number of hydrogen-bond donors (Lipinski definition) is 2. The number of nitrogens with one attached hydrogen (secondary N) is 2. The number of guanidine groups is 1. The molecule has 6 heteroatoms. The summed E-state index contributed by atoms with van der Waals surface area (Å²) in [5.41, 5.74) is 0. The average molecular weight is 331 g/mol. The second-order valence-corrected chi connectivity index (χ2v) is 9.53. The van der Waals surface area contributed by atoms with Crippen molar-refractivity contribution >= 4 is 16.8 Å². The van der Waals surface area contributed by atoms with Crippen molar-refractivity contribution in [2.45, 2.75) is 64.3 Å². The maximum absolute atomic E-state index is 12.0. The molecule has 1 rings (SSSR count). The van der Waals surface area contributed by atoms with Crippen LogP contribution in [-0.4, -0.2) is 64.3 Å². The predicted molar refractivity (Wildman–Crippen MR) is 97.0 cm³/mol. The maximum atomic E-state index is 12.0. The Labute approximate surface area is 138 Å². The number of aliphatic imine (C=N–C) groups is 1. The quantitative estimate of drug-likeness (QED) is 0.593. The van der Waals surface area contributed by atoms with Crippen LogP contribution in [0.5, 0.6) is 0 Å². The molecule has 0 radical (unpaired) electrons. The molecule has 1 saturated heterocycles. The van der Waals surface area contributed by atoms with Crippen LogP contribution in [-0.2, 0) is 10.8 Å². The molecule has 130 valence electrons. The largest absolute Gasteiger partial charge is 0.355 e. The van der Waals surface area contributed by atoms with Crippen molar-refractivity contribution < 1.29 is 4.21 Å². The molecule has 1 atom stereocenters. The van der Waals surface area contributed by atoms with E-state index in [4.69, 9.17) is 0 Å². The van der Waals surface area contributed by atoms with Gasteiger partial charge in [0.15, 0.2) is 5.96 Å². The molecule has 0 aromatic rings. The third-order valence-electron chi connectivity index (χ3n) is 4.09. The van der Waals surface area contributed by atoms with Crippen LogP contribution in [0.15, 0.2) is 4.99 Å². The van der Waals surface area contributed by atoms with Crippen LogP contribution in [0.1, 0.15) is 47.5 Å². The van der Waals surface area contributed by atoms with Gasteiger partial charge < -0.3 is 15.5 Å². The number of piperidine rings is 1. The topological polar surface area (TPSA) is 56.7 Å². The van der Waals surface area contributed by atoms with E-state index in [2.05, 4.69) is 34.4 Å². The van der Waals surface area contributed by atoms with E-state index in [0.717, 1.165) is 31.9 Å². The molecule has 1 heterocycles. The number of hydrogen-bond acceptors (Lipinski definition) is 3. The summed E-state index contributed by atoms with van der Waals surface area (Å²) in [6.07, 6.45) is 2.29. The van der Waals surface area contributed by atoms with E-state index in [1.807, 2.05) is 20.8 Å². The summed E-state index contributed by atoms with van der Waals surface area (Å²) < 4.78 is 11.9. The van der Waals surface area contributed by atoms with Crippen molar-refractivity contribution in [2.75, 3.05) is 32.4 Å². The first-order chi connectivity index (χ1) is 10.2. The summed E-state index contributed by atoms with van der Waals surface area (Å²) in [5.74, 6) is 1.48. The van der Waals surface area contributed by atoms with Gasteiger partial charge in [0, 0.05) is 60.1 Å². The first-order valence-electron chi connectivity index (χ1n) is 8.33. The van der Waals surface area contributed by atoms with Crippen LogP contribution in [0.4, 0.5) is 0 Å². The first kappa shape index (κ1) is 19.4. The van der Waals surface area contributed by atoms with E-state index in [9.17, 15) is 4.21 Å². The molecule has 0 aromatic heterocycles. The van der Waals surface area contributed by atoms with Crippen molar-refractivity contribution in [3.63, 3.8) is 0 Å². The van der Waals surface area contributed by atoms with Crippen LogP contribution in [0.3, 0.4) is 0 Å². The smallest absolute Gasteiger partial charge is 0.191 e. The Kier molecular flexibility index (Phi) is 7.83. The lowest BCUT2D eigenvalue weighted by Crippen LogP contribution is -2.50. The van der Waals surface area contributed by atoms with Gasteiger partial charge in [0.2, 0.25) is 0 Å². The van der Waals surface area contributed by atoms with Gasteiger partial charge in [-0.25, -0.2) is 0 Å². The highest BCUT2D eigenvalue weighted by Crippen LogP contribution is 2.13. The SMILES string of the molecule is CN=C(NCCS(=O)C(C)(C)C)NC1CCN(C(C)C)CC1. The zero-order valence-electron chi connectivity index (χ0n) is 15.1. The highest BCUT2D eigenvalue weighted by molar-refractivity contribution is 7.86. The minimum atomic E-state index is -0.824. The van der Waals surface area contributed by atoms with Crippen molar-refractivity contribution in [1.29, 1.82) is 0 Å². The van der Waals surface area contributed by atoms with Crippen molar-refractivity contribution in [3.05, 3.63) is 0 Å². The molecule has 0 saturated carbocycles. The summed E-state index contributed by atoms with van der Waals surface area (Å²) in [5, 5.41) is 6.78. The fraction of sp³-hybridized carbons (Fsp3) is 0.938. The standard InChI is InChI=1S/C16H34N4OS/c1-13(2)20-10-7-14(8-11-20)19-15(17-6)18-9-12-22(21)16(3,4)5/h13-14H,7-12H2,1-6H3,(H2,17,18,19). The third-order valence-corrected chi connectivity index (χ3v) is 6.03. The van der Waals surface area contributed by atoms with Gasteiger partial charge in [0.1, 0.15) is 0 Å². The van der Waals surface area contributed by atoms with Crippen LogP contribution in [0.2, 0.25) is 0 Å². The third kappa shape index (κ3) is 6.65. The lowest BCUT2D eigenvalue weighted by atomic mass is 10.0. The van der Waals surface area contributed by atoms with Gasteiger partial charge >= 0.3 is 0 Å². The van der Waals surface area contributed by atoms with Crippen molar-refractivity contribution in [1.82, 2.24) is 15.5 Å². The second kappa shape index (κ2) is 8.87. The van der Waals surface area contributed by atoms with E-state index < -0.39 is 10.8 Å². The second-order valence-electron chi connectivity index (χ2n) is 7.21. The molecule has 1 aliphatic heterocycles. The minimum absolute atomic E-state index is 0.150. The van der Waals surface area contributed by atoms with E-state index in [1.165, 1.54) is 0 Å². The van der Waals surface area contributed by atoms with E-state index >= 15 is 0 Å². The van der Waals surface area contributed by atoms with E-state index in [0.29, 0.717) is 24.4 Å². The zero-order chi connectivity index (χ0) is 16.8. The minimum Gasteiger partial charge on any atom is -0.355 e.